The molecule has 4 nitrogen and oxygen atoms in total. The van der Waals surface area contributed by atoms with Gasteiger partial charge in [-0.05, 0) is 36.3 Å². The van der Waals surface area contributed by atoms with Crippen molar-refractivity contribution in [2.45, 2.75) is 31.1 Å². The minimum absolute atomic E-state index is 0.207. The summed E-state index contributed by atoms with van der Waals surface area (Å²) in [6.45, 7) is 5.45. The molecule has 2 rings (SSSR count). The summed E-state index contributed by atoms with van der Waals surface area (Å²) in [6.07, 6.45) is 2.13. The van der Waals surface area contributed by atoms with E-state index in [-0.39, 0.29) is 10.6 Å². The minimum Gasteiger partial charge on any atom is -0.381 e. The number of benzene rings is 1. The highest BCUT2D eigenvalue weighted by molar-refractivity contribution is 8.00. The van der Waals surface area contributed by atoms with Crippen molar-refractivity contribution in [3.8, 4) is 0 Å². The normalized spacial score (nSPS) is 17.6. The fraction of sp³-hybridized carbons (Fsp3) is 0.611. The highest BCUT2D eigenvalue weighted by Gasteiger charge is 2.32. The maximum absolute atomic E-state index is 13.0. The fourth-order valence-corrected chi connectivity index (χ4v) is 4.23. The Balaban J connectivity index is 1.93. The Morgan fingerprint density at radius 2 is 2.00 bits per heavy atom. The zero-order valence-electron chi connectivity index (χ0n) is 14.8. The van der Waals surface area contributed by atoms with Gasteiger partial charge >= 0.3 is 0 Å². The van der Waals surface area contributed by atoms with Crippen LogP contribution < -0.4 is 5.32 Å². The molecule has 1 aromatic carbocycles. The molecule has 1 heterocycles. The number of aliphatic imine (C=N–C) groups is 1. The second-order valence-electron chi connectivity index (χ2n) is 6.11. The maximum Gasteiger partial charge on any atom is 0.193 e. The van der Waals surface area contributed by atoms with Crippen molar-refractivity contribution in [1.29, 1.82) is 0 Å². The van der Waals surface area contributed by atoms with Crippen molar-refractivity contribution in [3.05, 3.63) is 35.6 Å². The Kier molecular flexibility index (Phi) is 7.37. The summed E-state index contributed by atoms with van der Waals surface area (Å²) in [5, 5.41) is 3.52. The molecule has 0 aromatic heterocycles. The summed E-state index contributed by atoms with van der Waals surface area (Å²) >= 11 is 2.01. The van der Waals surface area contributed by atoms with Crippen LogP contribution >= 0.6 is 11.8 Å². The lowest BCUT2D eigenvalue weighted by Gasteiger charge is -2.37. The number of halogens is 1. The SMILES string of the molecule is CCSC1(CNC(=NC)N(C)Cc2ccc(F)cc2)CCOCC1. The van der Waals surface area contributed by atoms with E-state index in [1.165, 1.54) is 12.1 Å². The summed E-state index contributed by atoms with van der Waals surface area (Å²) < 4.78 is 18.8. The van der Waals surface area contributed by atoms with Gasteiger partial charge in [0.2, 0.25) is 0 Å². The van der Waals surface area contributed by atoms with Crippen molar-refractivity contribution in [2.24, 2.45) is 4.99 Å². The Labute approximate surface area is 148 Å². The lowest BCUT2D eigenvalue weighted by molar-refractivity contribution is 0.0780. The van der Waals surface area contributed by atoms with E-state index in [1.807, 2.05) is 30.9 Å². The smallest absolute Gasteiger partial charge is 0.193 e. The van der Waals surface area contributed by atoms with Gasteiger partial charge in [0.15, 0.2) is 5.96 Å². The van der Waals surface area contributed by atoms with Gasteiger partial charge in [0.25, 0.3) is 0 Å². The largest absolute Gasteiger partial charge is 0.381 e. The second-order valence-corrected chi connectivity index (χ2v) is 7.84. The predicted molar refractivity (Wildman–Crippen MR) is 100 cm³/mol. The van der Waals surface area contributed by atoms with Crippen LogP contribution in [-0.4, -0.2) is 55.2 Å². The van der Waals surface area contributed by atoms with Gasteiger partial charge in [-0.2, -0.15) is 11.8 Å². The number of hydrogen-bond donors (Lipinski definition) is 1. The summed E-state index contributed by atoms with van der Waals surface area (Å²) in [5.41, 5.74) is 1.06. The van der Waals surface area contributed by atoms with E-state index in [0.29, 0.717) is 6.54 Å². The number of rotatable bonds is 6. The first kappa shape index (κ1) is 19.1. The second kappa shape index (κ2) is 9.28. The average molecular weight is 354 g/mol. The molecule has 0 radical (unpaired) electrons. The molecule has 6 heteroatoms. The van der Waals surface area contributed by atoms with Crippen molar-refractivity contribution in [2.75, 3.05) is 39.6 Å². The van der Waals surface area contributed by atoms with Crippen LogP contribution in [0.1, 0.15) is 25.3 Å². The third-order valence-corrected chi connectivity index (χ3v) is 5.78. The van der Waals surface area contributed by atoms with E-state index in [0.717, 1.165) is 49.9 Å². The summed E-state index contributed by atoms with van der Waals surface area (Å²) in [7, 11) is 3.80. The number of ether oxygens (including phenoxy) is 1. The molecule has 0 amide bonds. The van der Waals surface area contributed by atoms with E-state index < -0.39 is 0 Å². The first-order valence-electron chi connectivity index (χ1n) is 8.46. The van der Waals surface area contributed by atoms with E-state index in [1.54, 1.807) is 7.05 Å². The van der Waals surface area contributed by atoms with E-state index in [2.05, 4.69) is 22.1 Å². The Hall–Kier alpha value is -1.27. The van der Waals surface area contributed by atoms with Gasteiger partial charge in [-0.1, -0.05) is 19.1 Å². The van der Waals surface area contributed by atoms with Gasteiger partial charge in [-0.15, -0.1) is 0 Å². The Morgan fingerprint density at radius 1 is 1.33 bits per heavy atom. The van der Waals surface area contributed by atoms with Crippen LogP contribution in [0.5, 0.6) is 0 Å². The van der Waals surface area contributed by atoms with Crippen LogP contribution in [-0.2, 0) is 11.3 Å². The molecule has 0 saturated carbocycles. The molecule has 0 unspecified atom stereocenters. The number of nitrogens with zero attached hydrogens (tertiary/aromatic N) is 2. The quantitative estimate of drug-likeness (QED) is 0.630. The monoisotopic (exact) mass is 353 g/mol. The molecule has 134 valence electrons. The predicted octanol–water partition coefficient (Wildman–Crippen LogP) is 3.14. The Bertz CT molecular complexity index is 524. The van der Waals surface area contributed by atoms with Crippen molar-refractivity contribution in [3.63, 3.8) is 0 Å². The van der Waals surface area contributed by atoms with Crippen LogP contribution in [0.15, 0.2) is 29.3 Å². The molecule has 0 spiro atoms. The van der Waals surface area contributed by atoms with E-state index in [9.17, 15) is 4.39 Å². The first-order chi connectivity index (χ1) is 11.6. The van der Waals surface area contributed by atoms with Crippen molar-refractivity contribution in [1.82, 2.24) is 10.2 Å². The molecule has 1 N–H and O–H groups in total. The number of nitrogens with one attached hydrogen (secondary N) is 1. The maximum atomic E-state index is 13.0. The molecule has 1 saturated heterocycles. The van der Waals surface area contributed by atoms with Gasteiger partial charge in [0.1, 0.15) is 5.82 Å². The van der Waals surface area contributed by atoms with Crippen molar-refractivity contribution < 1.29 is 9.13 Å². The topological polar surface area (TPSA) is 36.9 Å². The average Bonchev–Trinajstić information content (AvgIpc) is 2.58. The van der Waals surface area contributed by atoms with Crippen LogP contribution in [0.3, 0.4) is 0 Å². The number of guanidine groups is 1. The molecule has 1 aromatic rings. The fourth-order valence-electron chi connectivity index (χ4n) is 2.99. The van der Waals surface area contributed by atoms with Gasteiger partial charge in [-0.25, -0.2) is 4.39 Å². The van der Waals surface area contributed by atoms with Gasteiger partial charge in [-0.3, -0.25) is 4.99 Å². The van der Waals surface area contributed by atoms with Crippen LogP contribution in [0.2, 0.25) is 0 Å². The van der Waals surface area contributed by atoms with E-state index >= 15 is 0 Å². The molecule has 0 bridgehead atoms. The van der Waals surface area contributed by atoms with Gasteiger partial charge in [0, 0.05) is 45.1 Å². The summed E-state index contributed by atoms with van der Waals surface area (Å²) in [5.74, 6) is 1.76. The lowest BCUT2D eigenvalue weighted by atomic mass is 9.99. The molecule has 24 heavy (non-hydrogen) atoms. The molecule has 0 atom stereocenters. The zero-order valence-corrected chi connectivity index (χ0v) is 15.7. The van der Waals surface area contributed by atoms with Gasteiger partial charge in [0.05, 0.1) is 0 Å². The highest BCUT2D eigenvalue weighted by atomic mass is 32.2. The number of thioether (sulfide) groups is 1. The van der Waals surface area contributed by atoms with Crippen LogP contribution in [0.4, 0.5) is 4.39 Å². The molecule has 1 aliphatic rings. The lowest BCUT2D eigenvalue weighted by Crippen LogP contribution is -2.48. The zero-order chi connectivity index (χ0) is 17.4. The molecule has 0 aliphatic carbocycles. The van der Waals surface area contributed by atoms with Crippen molar-refractivity contribution >= 4 is 17.7 Å². The standard InChI is InChI=1S/C18H28FN3OS/c1-4-24-18(9-11-23-12-10-18)14-21-17(20-2)22(3)13-15-5-7-16(19)8-6-15/h5-8H,4,9-14H2,1-3H3,(H,20,21). The van der Waals surface area contributed by atoms with Crippen LogP contribution in [0, 0.1) is 5.82 Å². The van der Waals surface area contributed by atoms with Gasteiger partial charge < -0.3 is 15.0 Å². The summed E-state index contributed by atoms with van der Waals surface area (Å²) in [4.78, 5) is 6.46. The number of hydrogen-bond acceptors (Lipinski definition) is 3. The summed E-state index contributed by atoms with van der Waals surface area (Å²) in [6, 6.07) is 6.61. The van der Waals surface area contributed by atoms with Crippen LogP contribution in [0.25, 0.3) is 0 Å². The third-order valence-electron chi connectivity index (χ3n) is 4.33. The molecule has 1 aliphatic heterocycles. The molecule has 1 fully saturated rings. The Morgan fingerprint density at radius 3 is 2.58 bits per heavy atom. The molecular formula is C18H28FN3OS. The minimum atomic E-state index is -0.207. The highest BCUT2D eigenvalue weighted by Crippen LogP contribution is 2.34. The van der Waals surface area contributed by atoms with E-state index in [4.69, 9.17) is 4.74 Å². The molecular weight excluding hydrogens is 325 g/mol. The first-order valence-corrected chi connectivity index (χ1v) is 9.45. The third kappa shape index (κ3) is 5.38.